The number of carbonyl (C=O) groups is 2. The van der Waals surface area contributed by atoms with Crippen LogP contribution in [0.1, 0.15) is 32.6 Å². The number of nitrogens with one attached hydrogen (secondary N) is 2. The Balaban J connectivity index is 3.05. The van der Waals surface area contributed by atoms with Gasteiger partial charge >= 0.3 is 0 Å². The lowest BCUT2D eigenvalue weighted by atomic mass is 10.1. The van der Waals surface area contributed by atoms with Gasteiger partial charge in [0.2, 0.25) is 12.8 Å². The molecule has 76 valence electrons. The van der Waals surface area contributed by atoms with Gasteiger partial charge in [-0.25, -0.2) is 0 Å². The highest BCUT2D eigenvalue weighted by molar-refractivity contribution is 5.46. The Morgan fingerprint density at radius 1 is 1.15 bits per heavy atom. The van der Waals surface area contributed by atoms with Gasteiger partial charge in [-0.1, -0.05) is 12.8 Å². The van der Waals surface area contributed by atoms with Gasteiger partial charge in [-0.3, -0.25) is 9.59 Å². The van der Waals surface area contributed by atoms with Gasteiger partial charge in [-0.05, 0) is 19.8 Å². The van der Waals surface area contributed by atoms with Gasteiger partial charge in [0, 0.05) is 12.6 Å². The second-order valence-corrected chi connectivity index (χ2v) is 3.11. The van der Waals surface area contributed by atoms with Crippen LogP contribution < -0.4 is 10.6 Å². The molecule has 1 atom stereocenters. The molecule has 0 aliphatic heterocycles. The minimum atomic E-state index is 0.261. The van der Waals surface area contributed by atoms with E-state index < -0.39 is 0 Å². The average Bonchev–Trinajstić information content (AvgIpc) is 2.11. The molecule has 0 aliphatic carbocycles. The number of unbranched alkanes of at least 4 members (excludes halogenated alkanes) is 2. The number of hydrogen-bond donors (Lipinski definition) is 2. The van der Waals surface area contributed by atoms with Crippen molar-refractivity contribution in [2.75, 3.05) is 6.54 Å². The van der Waals surface area contributed by atoms with E-state index in [2.05, 4.69) is 10.6 Å². The Morgan fingerprint density at radius 2 is 1.92 bits per heavy atom. The quantitative estimate of drug-likeness (QED) is 0.405. The molecule has 0 aromatic heterocycles. The van der Waals surface area contributed by atoms with E-state index in [-0.39, 0.29) is 6.04 Å². The highest BCUT2D eigenvalue weighted by Gasteiger charge is 1.98. The molecule has 0 aromatic carbocycles. The standard InChI is InChI=1S/C9H18N2O2/c1-9(11-8-13)5-3-2-4-6-10-7-12/h7-9H,2-6H2,1H3,(H,10,12)(H,11,13)/t9-/m1/s1. The summed E-state index contributed by atoms with van der Waals surface area (Å²) in [5.74, 6) is 0. The van der Waals surface area contributed by atoms with Gasteiger partial charge in [0.05, 0.1) is 0 Å². The van der Waals surface area contributed by atoms with E-state index in [0.29, 0.717) is 0 Å². The van der Waals surface area contributed by atoms with E-state index in [0.717, 1.165) is 45.0 Å². The van der Waals surface area contributed by atoms with Crippen LogP contribution in [0.2, 0.25) is 0 Å². The van der Waals surface area contributed by atoms with Crippen molar-refractivity contribution < 1.29 is 9.59 Å². The topological polar surface area (TPSA) is 58.2 Å². The number of carbonyl (C=O) groups excluding carboxylic acids is 2. The van der Waals surface area contributed by atoms with E-state index in [1.807, 2.05) is 6.92 Å². The molecule has 0 spiro atoms. The van der Waals surface area contributed by atoms with Crippen molar-refractivity contribution in [1.82, 2.24) is 10.6 Å². The fourth-order valence-corrected chi connectivity index (χ4v) is 1.11. The van der Waals surface area contributed by atoms with Gasteiger partial charge in [0.15, 0.2) is 0 Å². The van der Waals surface area contributed by atoms with Crippen molar-refractivity contribution in [3.63, 3.8) is 0 Å². The molecule has 0 saturated carbocycles. The Labute approximate surface area is 79.1 Å². The van der Waals surface area contributed by atoms with Crippen LogP contribution in [-0.2, 0) is 9.59 Å². The lowest BCUT2D eigenvalue weighted by Crippen LogP contribution is -2.23. The summed E-state index contributed by atoms with van der Waals surface area (Å²) in [7, 11) is 0. The van der Waals surface area contributed by atoms with E-state index in [4.69, 9.17) is 0 Å². The summed E-state index contributed by atoms with van der Waals surface area (Å²) in [6.45, 7) is 2.73. The first-order chi connectivity index (χ1) is 6.31. The SMILES string of the molecule is C[C@H](CCCCCNC=O)NC=O. The number of rotatable bonds is 9. The third-order valence-corrected chi connectivity index (χ3v) is 1.89. The summed E-state index contributed by atoms with van der Waals surface area (Å²) in [6.07, 6.45) is 5.63. The van der Waals surface area contributed by atoms with Crippen molar-refractivity contribution >= 4 is 12.8 Å². The summed E-state index contributed by atoms with van der Waals surface area (Å²) in [5.41, 5.74) is 0. The van der Waals surface area contributed by atoms with Crippen LogP contribution in [0.25, 0.3) is 0 Å². The average molecular weight is 186 g/mol. The molecule has 13 heavy (non-hydrogen) atoms. The van der Waals surface area contributed by atoms with Gasteiger partial charge in [0.1, 0.15) is 0 Å². The summed E-state index contributed by atoms with van der Waals surface area (Å²) in [6, 6.07) is 0.261. The molecule has 0 radical (unpaired) electrons. The first-order valence-electron chi connectivity index (χ1n) is 4.68. The van der Waals surface area contributed by atoms with E-state index >= 15 is 0 Å². The molecule has 0 unspecified atom stereocenters. The first-order valence-corrected chi connectivity index (χ1v) is 4.68. The Kier molecular flexibility index (Phi) is 8.30. The van der Waals surface area contributed by atoms with Crippen molar-refractivity contribution in [3.05, 3.63) is 0 Å². The zero-order valence-electron chi connectivity index (χ0n) is 8.08. The summed E-state index contributed by atoms with van der Waals surface area (Å²) < 4.78 is 0. The predicted molar refractivity (Wildman–Crippen MR) is 51.2 cm³/mol. The smallest absolute Gasteiger partial charge is 0.207 e. The zero-order valence-corrected chi connectivity index (χ0v) is 8.08. The van der Waals surface area contributed by atoms with Crippen molar-refractivity contribution in [2.24, 2.45) is 0 Å². The minimum absolute atomic E-state index is 0.261. The molecule has 2 amide bonds. The molecule has 0 heterocycles. The molecule has 0 rings (SSSR count). The molecule has 0 aromatic rings. The lowest BCUT2D eigenvalue weighted by molar-refractivity contribution is -0.110. The Bertz CT molecular complexity index is 140. The van der Waals surface area contributed by atoms with Crippen LogP contribution in [0.4, 0.5) is 0 Å². The molecular weight excluding hydrogens is 168 g/mol. The molecule has 4 heteroatoms. The fourth-order valence-electron chi connectivity index (χ4n) is 1.11. The van der Waals surface area contributed by atoms with Crippen molar-refractivity contribution in [1.29, 1.82) is 0 Å². The third kappa shape index (κ3) is 8.85. The molecular formula is C9H18N2O2. The van der Waals surface area contributed by atoms with Gasteiger partial charge in [-0.2, -0.15) is 0 Å². The van der Waals surface area contributed by atoms with Crippen LogP contribution in [0.3, 0.4) is 0 Å². The monoisotopic (exact) mass is 186 g/mol. The van der Waals surface area contributed by atoms with Crippen LogP contribution in [-0.4, -0.2) is 25.4 Å². The summed E-state index contributed by atoms with van der Waals surface area (Å²) in [4.78, 5) is 19.9. The van der Waals surface area contributed by atoms with E-state index in [1.165, 1.54) is 0 Å². The molecule has 2 N–H and O–H groups in total. The predicted octanol–water partition coefficient (Wildman–Crippen LogP) is 0.427. The molecule has 0 bridgehead atoms. The maximum atomic E-state index is 10.0. The Morgan fingerprint density at radius 3 is 2.54 bits per heavy atom. The first kappa shape index (κ1) is 11.9. The number of hydrogen-bond acceptors (Lipinski definition) is 2. The highest BCUT2D eigenvalue weighted by atomic mass is 16.1. The molecule has 4 nitrogen and oxygen atoms in total. The third-order valence-electron chi connectivity index (χ3n) is 1.89. The Hall–Kier alpha value is -1.06. The maximum absolute atomic E-state index is 10.0. The second kappa shape index (κ2) is 9.03. The largest absolute Gasteiger partial charge is 0.359 e. The maximum Gasteiger partial charge on any atom is 0.207 e. The lowest BCUT2D eigenvalue weighted by Gasteiger charge is -2.08. The van der Waals surface area contributed by atoms with Crippen LogP contribution >= 0.6 is 0 Å². The minimum Gasteiger partial charge on any atom is -0.359 e. The second-order valence-electron chi connectivity index (χ2n) is 3.11. The summed E-state index contributed by atoms with van der Waals surface area (Å²) >= 11 is 0. The van der Waals surface area contributed by atoms with Crippen molar-refractivity contribution in [3.8, 4) is 0 Å². The van der Waals surface area contributed by atoms with E-state index in [9.17, 15) is 9.59 Å². The molecule has 0 fully saturated rings. The summed E-state index contributed by atoms with van der Waals surface area (Å²) in [5, 5.41) is 5.30. The van der Waals surface area contributed by atoms with Gasteiger partial charge in [-0.15, -0.1) is 0 Å². The van der Waals surface area contributed by atoms with E-state index in [1.54, 1.807) is 0 Å². The van der Waals surface area contributed by atoms with Gasteiger partial charge in [0.25, 0.3) is 0 Å². The van der Waals surface area contributed by atoms with Crippen LogP contribution in [0.15, 0.2) is 0 Å². The van der Waals surface area contributed by atoms with Crippen molar-refractivity contribution in [2.45, 2.75) is 38.6 Å². The van der Waals surface area contributed by atoms with Crippen LogP contribution in [0, 0.1) is 0 Å². The zero-order chi connectivity index (χ0) is 9.94. The normalized spacial score (nSPS) is 11.8. The van der Waals surface area contributed by atoms with Gasteiger partial charge < -0.3 is 10.6 Å². The van der Waals surface area contributed by atoms with Crippen LogP contribution in [0.5, 0.6) is 0 Å². The fraction of sp³-hybridized carbons (Fsp3) is 0.778. The number of amides is 2. The highest BCUT2D eigenvalue weighted by Crippen LogP contribution is 2.01. The molecule has 0 aliphatic rings. The molecule has 0 saturated heterocycles.